The van der Waals surface area contributed by atoms with Crippen LogP contribution in [0.1, 0.15) is 22.8 Å². The van der Waals surface area contributed by atoms with E-state index in [-0.39, 0.29) is 18.3 Å². The average molecular weight is 345 g/mol. The van der Waals surface area contributed by atoms with Gasteiger partial charge in [0, 0.05) is 18.7 Å². The highest BCUT2D eigenvalue weighted by Crippen LogP contribution is 2.27. The van der Waals surface area contributed by atoms with Crippen LogP contribution in [0.4, 0.5) is 4.39 Å². The summed E-state index contributed by atoms with van der Waals surface area (Å²) in [7, 11) is 1.46. The van der Waals surface area contributed by atoms with Gasteiger partial charge in [-0.1, -0.05) is 12.1 Å². The second-order valence-corrected chi connectivity index (χ2v) is 5.35. The highest BCUT2D eigenvalue weighted by Gasteiger charge is 2.15. The molecule has 0 unspecified atom stereocenters. The van der Waals surface area contributed by atoms with Gasteiger partial charge in [0.2, 0.25) is 0 Å². The monoisotopic (exact) mass is 345 g/mol. The first-order valence-electron chi connectivity index (χ1n) is 7.85. The van der Waals surface area contributed by atoms with Gasteiger partial charge in [0.1, 0.15) is 12.1 Å². The highest BCUT2D eigenvalue weighted by molar-refractivity contribution is 5.78. The molecule has 0 N–H and O–H groups in total. The summed E-state index contributed by atoms with van der Waals surface area (Å²) in [4.78, 5) is 24.7. The summed E-state index contributed by atoms with van der Waals surface area (Å²) in [5, 5.41) is 0. The van der Waals surface area contributed by atoms with E-state index in [1.54, 1.807) is 29.2 Å². The van der Waals surface area contributed by atoms with Gasteiger partial charge in [-0.3, -0.25) is 9.59 Å². The van der Waals surface area contributed by atoms with E-state index in [0.717, 1.165) is 0 Å². The van der Waals surface area contributed by atoms with Gasteiger partial charge >= 0.3 is 0 Å². The molecular formula is C19H20FNO4. The van der Waals surface area contributed by atoms with Crippen LogP contribution in [0.3, 0.4) is 0 Å². The lowest BCUT2D eigenvalue weighted by Crippen LogP contribution is -2.34. The van der Waals surface area contributed by atoms with E-state index in [0.29, 0.717) is 42.0 Å². The Kier molecular flexibility index (Phi) is 6.51. The molecule has 0 heterocycles. The van der Waals surface area contributed by atoms with Gasteiger partial charge in [-0.05, 0) is 42.8 Å². The zero-order chi connectivity index (χ0) is 18.2. The van der Waals surface area contributed by atoms with Crippen molar-refractivity contribution in [2.24, 2.45) is 0 Å². The molecule has 0 aromatic heterocycles. The van der Waals surface area contributed by atoms with Gasteiger partial charge in [-0.25, -0.2) is 4.39 Å². The number of benzene rings is 2. The first-order chi connectivity index (χ1) is 12.1. The summed E-state index contributed by atoms with van der Waals surface area (Å²) in [6, 6.07) is 10.8. The van der Waals surface area contributed by atoms with E-state index >= 15 is 0 Å². The minimum absolute atomic E-state index is 0.181. The molecule has 0 aliphatic rings. The zero-order valence-electron chi connectivity index (χ0n) is 14.2. The van der Waals surface area contributed by atoms with Crippen molar-refractivity contribution in [3.63, 3.8) is 0 Å². The van der Waals surface area contributed by atoms with Crippen molar-refractivity contribution in [3.05, 3.63) is 59.4 Å². The van der Waals surface area contributed by atoms with Crippen molar-refractivity contribution in [2.45, 2.75) is 13.5 Å². The van der Waals surface area contributed by atoms with Crippen molar-refractivity contribution >= 4 is 12.2 Å². The number of rotatable bonds is 8. The fourth-order valence-electron chi connectivity index (χ4n) is 2.34. The van der Waals surface area contributed by atoms with E-state index in [1.165, 1.54) is 25.3 Å². The molecule has 0 spiro atoms. The van der Waals surface area contributed by atoms with Crippen molar-refractivity contribution < 1.29 is 23.5 Å². The summed E-state index contributed by atoms with van der Waals surface area (Å²) < 4.78 is 24.0. The Balaban J connectivity index is 2.01. The van der Waals surface area contributed by atoms with Crippen LogP contribution in [0.5, 0.6) is 11.5 Å². The molecule has 25 heavy (non-hydrogen) atoms. The summed E-state index contributed by atoms with van der Waals surface area (Å²) in [6.45, 7) is 2.44. The normalized spacial score (nSPS) is 10.2. The van der Waals surface area contributed by atoms with Gasteiger partial charge in [-0.15, -0.1) is 0 Å². The van der Waals surface area contributed by atoms with Gasteiger partial charge in [0.15, 0.2) is 18.1 Å². The molecule has 2 aromatic rings. The molecule has 0 radical (unpaired) electrons. The summed E-state index contributed by atoms with van der Waals surface area (Å²) in [5.41, 5.74) is 1.17. The lowest BCUT2D eigenvalue weighted by Gasteiger charge is -2.21. The maximum atomic E-state index is 13.3. The van der Waals surface area contributed by atoms with E-state index in [9.17, 15) is 14.0 Å². The number of halogens is 1. The molecule has 0 bridgehead atoms. The molecular weight excluding hydrogens is 325 g/mol. The predicted molar refractivity (Wildman–Crippen MR) is 91.4 cm³/mol. The standard InChI is InChI=1S/C19H20FNO4/c1-3-21(11-14-5-4-6-16(20)9-14)19(23)13-25-17-8-7-15(12-22)10-18(17)24-2/h4-10,12H,3,11,13H2,1-2H3. The van der Waals surface area contributed by atoms with Crippen molar-refractivity contribution in [1.82, 2.24) is 4.90 Å². The Morgan fingerprint density at radius 3 is 2.64 bits per heavy atom. The Labute approximate surface area is 146 Å². The Hall–Kier alpha value is -2.89. The number of aldehydes is 1. The van der Waals surface area contributed by atoms with Crippen LogP contribution >= 0.6 is 0 Å². The van der Waals surface area contributed by atoms with Crippen molar-refractivity contribution in [1.29, 1.82) is 0 Å². The molecule has 5 nitrogen and oxygen atoms in total. The number of nitrogens with zero attached hydrogens (tertiary/aromatic N) is 1. The zero-order valence-corrected chi connectivity index (χ0v) is 14.2. The first kappa shape index (κ1) is 18.4. The third-order valence-corrected chi connectivity index (χ3v) is 3.67. The molecule has 2 aromatic carbocycles. The quantitative estimate of drug-likeness (QED) is 0.690. The molecule has 0 aliphatic heterocycles. The smallest absolute Gasteiger partial charge is 0.260 e. The average Bonchev–Trinajstić information content (AvgIpc) is 2.64. The number of amides is 1. The van der Waals surface area contributed by atoms with Gasteiger partial charge < -0.3 is 14.4 Å². The number of carbonyl (C=O) groups is 2. The second-order valence-electron chi connectivity index (χ2n) is 5.35. The molecule has 2 rings (SSSR count). The van der Waals surface area contributed by atoms with E-state index in [4.69, 9.17) is 9.47 Å². The van der Waals surface area contributed by atoms with Gasteiger partial charge in [-0.2, -0.15) is 0 Å². The number of likely N-dealkylation sites (N-methyl/N-ethyl adjacent to an activating group) is 1. The van der Waals surface area contributed by atoms with Gasteiger partial charge in [0.05, 0.1) is 7.11 Å². The van der Waals surface area contributed by atoms with Crippen LogP contribution in [0.15, 0.2) is 42.5 Å². The number of hydrogen-bond acceptors (Lipinski definition) is 4. The largest absolute Gasteiger partial charge is 0.493 e. The van der Waals surface area contributed by atoms with E-state index in [2.05, 4.69) is 0 Å². The lowest BCUT2D eigenvalue weighted by atomic mass is 10.2. The first-order valence-corrected chi connectivity index (χ1v) is 7.85. The van der Waals surface area contributed by atoms with Crippen LogP contribution in [0.25, 0.3) is 0 Å². The van der Waals surface area contributed by atoms with Crippen molar-refractivity contribution in [3.8, 4) is 11.5 Å². The summed E-state index contributed by atoms with van der Waals surface area (Å²) >= 11 is 0. The van der Waals surface area contributed by atoms with Crippen molar-refractivity contribution in [2.75, 3.05) is 20.3 Å². The molecule has 0 aliphatic carbocycles. The Morgan fingerprint density at radius 1 is 1.20 bits per heavy atom. The number of hydrogen-bond donors (Lipinski definition) is 0. The van der Waals surface area contributed by atoms with Crippen LogP contribution < -0.4 is 9.47 Å². The fourth-order valence-corrected chi connectivity index (χ4v) is 2.34. The Bertz CT molecular complexity index is 748. The van der Waals surface area contributed by atoms with E-state index < -0.39 is 0 Å². The predicted octanol–water partition coefficient (Wildman–Crippen LogP) is 3.07. The van der Waals surface area contributed by atoms with Crippen LogP contribution in [0, 0.1) is 5.82 Å². The SMILES string of the molecule is CCN(Cc1cccc(F)c1)C(=O)COc1ccc(C=O)cc1OC. The number of ether oxygens (including phenoxy) is 2. The maximum Gasteiger partial charge on any atom is 0.260 e. The number of carbonyl (C=O) groups excluding carboxylic acids is 2. The lowest BCUT2D eigenvalue weighted by molar-refractivity contribution is -0.133. The third kappa shape index (κ3) is 5.04. The van der Waals surface area contributed by atoms with Crippen LogP contribution in [-0.4, -0.2) is 37.4 Å². The molecule has 0 saturated carbocycles. The van der Waals surface area contributed by atoms with Crippen LogP contribution in [-0.2, 0) is 11.3 Å². The van der Waals surface area contributed by atoms with Crippen LogP contribution in [0.2, 0.25) is 0 Å². The summed E-state index contributed by atoms with van der Waals surface area (Å²) in [5.74, 6) is 0.194. The molecule has 0 fully saturated rings. The third-order valence-electron chi connectivity index (χ3n) is 3.67. The second kappa shape index (κ2) is 8.82. The maximum absolute atomic E-state index is 13.3. The molecule has 1 amide bonds. The fraction of sp³-hybridized carbons (Fsp3) is 0.263. The Morgan fingerprint density at radius 2 is 2.00 bits per heavy atom. The van der Waals surface area contributed by atoms with E-state index in [1.807, 2.05) is 6.92 Å². The minimum atomic E-state index is -0.336. The molecule has 132 valence electrons. The molecule has 0 saturated heterocycles. The number of methoxy groups -OCH3 is 1. The summed E-state index contributed by atoms with van der Waals surface area (Å²) in [6.07, 6.45) is 0.704. The van der Waals surface area contributed by atoms with Gasteiger partial charge in [0.25, 0.3) is 5.91 Å². The topological polar surface area (TPSA) is 55.8 Å². The molecule has 6 heteroatoms. The minimum Gasteiger partial charge on any atom is -0.493 e. The molecule has 0 atom stereocenters. The highest BCUT2D eigenvalue weighted by atomic mass is 19.1.